The Morgan fingerprint density at radius 1 is 1.40 bits per heavy atom. The van der Waals surface area contributed by atoms with Crippen LogP contribution in [0.5, 0.6) is 0 Å². The highest BCUT2D eigenvalue weighted by Crippen LogP contribution is 2.18. The number of aromatic nitrogens is 2. The van der Waals surface area contributed by atoms with Crippen LogP contribution >= 0.6 is 15.9 Å². The summed E-state index contributed by atoms with van der Waals surface area (Å²) >= 11 is 3.40. The molecule has 78 valence electrons. The van der Waals surface area contributed by atoms with Gasteiger partial charge in [0.25, 0.3) is 5.56 Å². The van der Waals surface area contributed by atoms with Crippen molar-refractivity contribution in [3.05, 3.63) is 45.3 Å². The van der Waals surface area contributed by atoms with Crippen molar-refractivity contribution in [3.63, 3.8) is 0 Å². The van der Waals surface area contributed by atoms with Crippen molar-refractivity contribution in [1.29, 1.82) is 0 Å². The zero-order valence-electron chi connectivity index (χ0n) is 8.12. The number of rotatable bonds is 2. The minimum absolute atomic E-state index is 0.0931. The largest absolute Gasteiger partial charge is 0.382 e. The van der Waals surface area contributed by atoms with Crippen LogP contribution in [0.4, 0.5) is 5.69 Å². The van der Waals surface area contributed by atoms with E-state index in [9.17, 15) is 4.79 Å². The number of nitrogens with zero attached hydrogens (tertiary/aromatic N) is 1. The van der Waals surface area contributed by atoms with Gasteiger partial charge in [0.2, 0.25) is 0 Å². The lowest BCUT2D eigenvalue weighted by atomic mass is 10.3. The molecule has 0 saturated heterocycles. The van der Waals surface area contributed by atoms with Gasteiger partial charge in [-0.25, -0.2) is 4.68 Å². The molecular weight excluding hydrogens is 258 g/mol. The lowest BCUT2D eigenvalue weighted by Crippen LogP contribution is -2.16. The third-order valence-electron chi connectivity index (χ3n) is 2.13. The average molecular weight is 268 g/mol. The Bertz CT molecular complexity index is 529. The maximum atomic E-state index is 11.8. The van der Waals surface area contributed by atoms with E-state index in [1.54, 1.807) is 13.2 Å². The molecule has 1 aromatic heterocycles. The van der Waals surface area contributed by atoms with Gasteiger partial charge in [0.1, 0.15) is 5.69 Å². The standard InChI is InChI=1S/C10H10BrN3O/c1-12-8-6-13-14(10(8)15)9-5-3-2-4-7(9)11/h2-6,12-13H,1H3. The van der Waals surface area contributed by atoms with Crippen molar-refractivity contribution in [2.24, 2.45) is 0 Å². The number of nitrogens with one attached hydrogen (secondary N) is 2. The summed E-state index contributed by atoms with van der Waals surface area (Å²) in [5, 5.41) is 5.72. The highest BCUT2D eigenvalue weighted by molar-refractivity contribution is 9.10. The quantitative estimate of drug-likeness (QED) is 0.874. The van der Waals surface area contributed by atoms with E-state index < -0.39 is 0 Å². The van der Waals surface area contributed by atoms with Crippen molar-refractivity contribution >= 4 is 21.6 Å². The summed E-state index contributed by atoms with van der Waals surface area (Å²) in [4.78, 5) is 11.8. The SMILES string of the molecule is CNc1c[nH]n(-c2ccccc2Br)c1=O. The van der Waals surface area contributed by atoms with Gasteiger partial charge < -0.3 is 5.32 Å². The molecule has 4 nitrogen and oxygen atoms in total. The topological polar surface area (TPSA) is 49.8 Å². The fourth-order valence-corrected chi connectivity index (χ4v) is 1.82. The first-order valence-corrected chi connectivity index (χ1v) is 5.26. The first-order valence-electron chi connectivity index (χ1n) is 4.47. The molecule has 0 fully saturated rings. The first kappa shape index (κ1) is 10.0. The molecule has 0 saturated carbocycles. The molecule has 2 rings (SSSR count). The summed E-state index contributed by atoms with van der Waals surface area (Å²) in [5.41, 5.74) is 1.25. The molecule has 0 bridgehead atoms. The van der Waals surface area contributed by atoms with E-state index in [-0.39, 0.29) is 5.56 Å². The highest BCUT2D eigenvalue weighted by Gasteiger charge is 2.07. The van der Waals surface area contributed by atoms with Crippen molar-refractivity contribution < 1.29 is 0 Å². The van der Waals surface area contributed by atoms with Crippen molar-refractivity contribution in [1.82, 2.24) is 9.78 Å². The minimum Gasteiger partial charge on any atom is -0.382 e. The molecule has 2 N–H and O–H groups in total. The Kier molecular flexibility index (Phi) is 2.64. The first-order chi connectivity index (χ1) is 7.24. The molecule has 2 aromatic rings. The highest BCUT2D eigenvalue weighted by atomic mass is 79.9. The van der Waals surface area contributed by atoms with Gasteiger partial charge in [-0.2, -0.15) is 0 Å². The summed E-state index contributed by atoms with van der Waals surface area (Å²) in [6, 6.07) is 7.54. The zero-order chi connectivity index (χ0) is 10.8. The molecule has 1 heterocycles. The van der Waals surface area contributed by atoms with Gasteiger partial charge >= 0.3 is 0 Å². The molecular formula is C10H10BrN3O. The van der Waals surface area contributed by atoms with Gasteiger partial charge in [0, 0.05) is 17.7 Å². The Morgan fingerprint density at radius 2 is 2.13 bits per heavy atom. The molecule has 0 aliphatic rings. The Hall–Kier alpha value is -1.49. The van der Waals surface area contributed by atoms with E-state index in [1.165, 1.54) is 4.68 Å². The van der Waals surface area contributed by atoms with E-state index in [0.29, 0.717) is 5.69 Å². The van der Waals surface area contributed by atoms with Crippen LogP contribution in [0.15, 0.2) is 39.7 Å². The Labute approximate surface area is 95.0 Å². The third kappa shape index (κ3) is 1.70. The van der Waals surface area contributed by atoms with Gasteiger partial charge in [0.05, 0.1) is 5.69 Å². The lowest BCUT2D eigenvalue weighted by Gasteiger charge is -2.03. The number of hydrogen-bond acceptors (Lipinski definition) is 2. The van der Waals surface area contributed by atoms with Crippen LogP contribution in [0.3, 0.4) is 0 Å². The van der Waals surface area contributed by atoms with Gasteiger partial charge in [-0.1, -0.05) is 12.1 Å². The van der Waals surface area contributed by atoms with E-state index in [1.807, 2.05) is 24.3 Å². The zero-order valence-corrected chi connectivity index (χ0v) is 9.71. The Balaban J connectivity index is 2.60. The summed E-state index contributed by atoms with van der Waals surface area (Å²) in [6.45, 7) is 0. The molecule has 1 aromatic carbocycles. The fraction of sp³-hybridized carbons (Fsp3) is 0.100. The van der Waals surface area contributed by atoms with Crippen LogP contribution in [-0.4, -0.2) is 16.8 Å². The molecule has 0 aliphatic carbocycles. The minimum atomic E-state index is -0.0931. The molecule has 0 atom stereocenters. The predicted octanol–water partition coefficient (Wildman–Crippen LogP) is 1.97. The molecule has 15 heavy (non-hydrogen) atoms. The van der Waals surface area contributed by atoms with Crippen LogP contribution in [0, 0.1) is 0 Å². The van der Waals surface area contributed by atoms with Crippen LogP contribution in [0.2, 0.25) is 0 Å². The number of hydrogen-bond donors (Lipinski definition) is 2. The summed E-state index contributed by atoms with van der Waals surface area (Å²) in [5.74, 6) is 0. The summed E-state index contributed by atoms with van der Waals surface area (Å²) in [6.07, 6.45) is 1.64. The van der Waals surface area contributed by atoms with Gasteiger partial charge in [0.15, 0.2) is 0 Å². The monoisotopic (exact) mass is 267 g/mol. The third-order valence-corrected chi connectivity index (χ3v) is 2.80. The molecule has 0 aliphatic heterocycles. The molecule has 0 spiro atoms. The fourth-order valence-electron chi connectivity index (χ4n) is 1.36. The average Bonchev–Trinajstić information content (AvgIpc) is 2.60. The van der Waals surface area contributed by atoms with Gasteiger partial charge in [-0.3, -0.25) is 9.89 Å². The number of H-pyrrole nitrogens is 1. The molecule has 0 radical (unpaired) electrons. The summed E-state index contributed by atoms with van der Waals surface area (Å²) in [7, 11) is 1.72. The van der Waals surface area contributed by atoms with Crippen molar-refractivity contribution in [3.8, 4) is 5.69 Å². The van der Waals surface area contributed by atoms with Crippen molar-refractivity contribution in [2.75, 3.05) is 12.4 Å². The predicted molar refractivity (Wildman–Crippen MR) is 63.6 cm³/mol. The van der Waals surface area contributed by atoms with E-state index in [2.05, 4.69) is 26.3 Å². The maximum absolute atomic E-state index is 11.8. The van der Waals surface area contributed by atoms with Crippen LogP contribution < -0.4 is 10.9 Å². The molecule has 0 unspecified atom stereocenters. The normalized spacial score (nSPS) is 10.3. The van der Waals surface area contributed by atoms with Crippen LogP contribution in [0.1, 0.15) is 0 Å². The van der Waals surface area contributed by atoms with Crippen LogP contribution in [-0.2, 0) is 0 Å². The second-order valence-corrected chi connectivity index (χ2v) is 3.88. The number of anilines is 1. The van der Waals surface area contributed by atoms with Crippen LogP contribution in [0.25, 0.3) is 5.69 Å². The van der Waals surface area contributed by atoms with E-state index in [4.69, 9.17) is 0 Å². The lowest BCUT2D eigenvalue weighted by molar-refractivity contribution is 0.845. The number of halogens is 1. The second kappa shape index (κ2) is 3.94. The second-order valence-electron chi connectivity index (χ2n) is 3.03. The Morgan fingerprint density at radius 3 is 2.73 bits per heavy atom. The maximum Gasteiger partial charge on any atom is 0.294 e. The number of aromatic amines is 1. The summed E-state index contributed by atoms with van der Waals surface area (Å²) < 4.78 is 2.35. The smallest absolute Gasteiger partial charge is 0.294 e. The van der Waals surface area contributed by atoms with E-state index in [0.717, 1.165) is 10.2 Å². The van der Waals surface area contributed by atoms with Gasteiger partial charge in [-0.05, 0) is 28.1 Å². The van der Waals surface area contributed by atoms with Gasteiger partial charge in [-0.15, -0.1) is 0 Å². The molecule has 5 heteroatoms. The number of benzene rings is 1. The van der Waals surface area contributed by atoms with Crippen molar-refractivity contribution in [2.45, 2.75) is 0 Å². The number of para-hydroxylation sites is 1. The van der Waals surface area contributed by atoms with E-state index >= 15 is 0 Å². The molecule has 0 amide bonds.